The van der Waals surface area contributed by atoms with Crippen molar-refractivity contribution in [1.29, 1.82) is 0 Å². The van der Waals surface area contributed by atoms with E-state index in [1.807, 2.05) is 17.5 Å². The van der Waals surface area contributed by atoms with Gasteiger partial charge in [-0.2, -0.15) is 5.10 Å². The zero-order valence-electron chi connectivity index (χ0n) is 14.8. The summed E-state index contributed by atoms with van der Waals surface area (Å²) in [5.41, 5.74) is 4.00. The average Bonchev–Trinajstić information content (AvgIpc) is 3.30. The number of H-pyrrole nitrogens is 1. The summed E-state index contributed by atoms with van der Waals surface area (Å²) in [7, 11) is 0. The van der Waals surface area contributed by atoms with Crippen LogP contribution in [-0.2, 0) is 13.0 Å². The van der Waals surface area contributed by atoms with Crippen molar-refractivity contribution in [3.8, 4) is 0 Å². The van der Waals surface area contributed by atoms with E-state index in [2.05, 4.69) is 62.9 Å². The normalized spacial score (nSPS) is 18.7. The van der Waals surface area contributed by atoms with Crippen molar-refractivity contribution in [2.24, 2.45) is 5.92 Å². The van der Waals surface area contributed by atoms with Gasteiger partial charge < -0.3 is 0 Å². The van der Waals surface area contributed by atoms with Gasteiger partial charge in [-0.15, -0.1) is 11.3 Å². The fourth-order valence-electron chi connectivity index (χ4n) is 4.29. The molecule has 0 spiro atoms. The zero-order valence-corrected chi connectivity index (χ0v) is 15.6. The summed E-state index contributed by atoms with van der Waals surface area (Å²) < 4.78 is 1.39. The molecule has 2 aromatic heterocycles. The number of aromatic amines is 1. The molecule has 1 atom stereocenters. The van der Waals surface area contributed by atoms with Crippen LogP contribution in [0.25, 0.3) is 21.0 Å². The van der Waals surface area contributed by atoms with Crippen molar-refractivity contribution >= 4 is 32.3 Å². The van der Waals surface area contributed by atoms with Gasteiger partial charge in [-0.3, -0.25) is 10.00 Å². The number of fused-ring (bicyclic) bond motifs is 2. The predicted octanol–water partition coefficient (Wildman–Crippen LogP) is 5.23. The summed E-state index contributed by atoms with van der Waals surface area (Å²) in [6.45, 7) is 3.49. The molecule has 1 unspecified atom stereocenters. The molecule has 1 aliphatic rings. The Balaban J connectivity index is 1.26. The minimum atomic E-state index is 0.748. The Kier molecular flexibility index (Phi) is 4.23. The SMILES string of the molecule is c1cc2cc(CN3CCCC(Cc4ccc5[nH]ncc5c4)C3)ccc2s1. The molecule has 5 rings (SSSR count). The minimum absolute atomic E-state index is 0.748. The smallest absolute Gasteiger partial charge is 0.0650 e. The summed E-state index contributed by atoms with van der Waals surface area (Å²) >= 11 is 1.82. The maximum atomic E-state index is 4.13. The topological polar surface area (TPSA) is 31.9 Å². The quantitative estimate of drug-likeness (QED) is 0.539. The molecule has 4 heteroatoms. The summed E-state index contributed by atoms with van der Waals surface area (Å²) in [6, 6.07) is 15.9. The van der Waals surface area contributed by atoms with Crippen LogP contribution in [0.2, 0.25) is 0 Å². The molecule has 1 N–H and O–H groups in total. The average molecular weight is 362 g/mol. The number of thiophene rings is 1. The van der Waals surface area contributed by atoms with E-state index in [-0.39, 0.29) is 0 Å². The standard InChI is InChI=1S/C22H23N3S/c1-2-17(10-16-3-5-21-20(11-16)13-23-24-21)14-25(8-1)15-18-4-6-22-19(12-18)7-9-26-22/h3-7,9,11-13,17H,1-2,8,10,14-15H2,(H,23,24). The first-order valence-corrected chi connectivity index (χ1v) is 10.3. The molecule has 0 saturated carbocycles. The number of aromatic nitrogens is 2. The van der Waals surface area contributed by atoms with Crippen LogP contribution >= 0.6 is 11.3 Å². The van der Waals surface area contributed by atoms with Crippen molar-refractivity contribution in [3.63, 3.8) is 0 Å². The highest BCUT2D eigenvalue weighted by molar-refractivity contribution is 7.17. The summed E-state index contributed by atoms with van der Waals surface area (Å²) in [5, 5.41) is 12.0. The molecule has 0 bridgehead atoms. The van der Waals surface area contributed by atoms with E-state index in [1.54, 1.807) is 0 Å². The molecule has 1 aliphatic heterocycles. The molecule has 1 fully saturated rings. The van der Waals surface area contributed by atoms with E-state index in [0.29, 0.717) is 0 Å². The van der Waals surface area contributed by atoms with E-state index >= 15 is 0 Å². The van der Waals surface area contributed by atoms with Gasteiger partial charge >= 0.3 is 0 Å². The first-order chi connectivity index (χ1) is 12.8. The van der Waals surface area contributed by atoms with Crippen molar-refractivity contribution < 1.29 is 0 Å². The number of hydrogen-bond acceptors (Lipinski definition) is 3. The lowest BCUT2D eigenvalue weighted by Gasteiger charge is -2.33. The van der Waals surface area contributed by atoms with Gasteiger partial charge in [-0.1, -0.05) is 12.1 Å². The van der Waals surface area contributed by atoms with E-state index in [0.717, 1.165) is 18.0 Å². The maximum Gasteiger partial charge on any atom is 0.0650 e. The fourth-order valence-corrected chi connectivity index (χ4v) is 5.06. The fraction of sp³-hybridized carbons (Fsp3) is 0.318. The zero-order chi connectivity index (χ0) is 17.3. The van der Waals surface area contributed by atoms with E-state index in [9.17, 15) is 0 Å². The van der Waals surface area contributed by atoms with Crippen molar-refractivity contribution in [2.45, 2.75) is 25.8 Å². The van der Waals surface area contributed by atoms with Gasteiger partial charge in [0.25, 0.3) is 0 Å². The minimum Gasteiger partial charge on any atom is -0.299 e. The molecule has 3 heterocycles. The Labute approximate surface area is 157 Å². The Morgan fingerprint density at radius 2 is 2.00 bits per heavy atom. The third-order valence-corrected chi connectivity index (χ3v) is 6.45. The first kappa shape index (κ1) is 16.0. The molecular formula is C22H23N3S. The molecular weight excluding hydrogens is 338 g/mol. The summed E-state index contributed by atoms with van der Waals surface area (Å²) in [6.07, 6.45) is 5.73. The highest BCUT2D eigenvalue weighted by atomic mass is 32.1. The largest absolute Gasteiger partial charge is 0.299 e. The van der Waals surface area contributed by atoms with Crippen molar-refractivity contribution in [1.82, 2.24) is 15.1 Å². The van der Waals surface area contributed by atoms with Gasteiger partial charge in [0.2, 0.25) is 0 Å². The molecule has 1 saturated heterocycles. The van der Waals surface area contributed by atoms with Crippen molar-refractivity contribution in [3.05, 3.63) is 65.2 Å². The lowest BCUT2D eigenvalue weighted by molar-refractivity contribution is 0.167. The molecule has 2 aromatic carbocycles. The predicted molar refractivity (Wildman–Crippen MR) is 110 cm³/mol. The van der Waals surface area contributed by atoms with Crippen LogP contribution in [0, 0.1) is 5.92 Å². The van der Waals surface area contributed by atoms with Crippen LogP contribution in [-0.4, -0.2) is 28.2 Å². The van der Waals surface area contributed by atoms with Crippen molar-refractivity contribution in [2.75, 3.05) is 13.1 Å². The van der Waals surface area contributed by atoms with Crippen LogP contribution in [0.4, 0.5) is 0 Å². The Morgan fingerprint density at radius 1 is 1.08 bits per heavy atom. The number of hydrogen-bond donors (Lipinski definition) is 1. The van der Waals surface area contributed by atoms with Crippen LogP contribution in [0.5, 0.6) is 0 Å². The van der Waals surface area contributed by atoms with E-state index < -0.39 is 0 Å². The second-order valence-electron chi connectivity index (χ2n) is 7.53. The first-order valence-electron chi connectivity index (χ1n) is 9.44. The lowest BCUT2D eigenvalue weighted by atomic mass is 9.90. The maximum absolute atomic E-state index is 4.13. The molecule has 0 aliphatic carbocycles. The number of likely N-dealkylation sites (tertiary alicyclic amines) is 1. The Bertz CT molecular complexity index is 950. The summed E-state index contributed by atoms with van der Waals surface area (Å²) in [4.78, 5) is 2.64. The Morgan fingerprint density at radius 3 is 3.00 bits per heavy atom. The van der Waals surface area contributed by atoms with Gasteiger partial charge in [0.1, 0.15) is 0 Å². The molecule has 3 nitrogen and oxygen atoms in total. The van der Waals surface area contributed by atoms with Gasteiger partial charge in [0, 0.05) is 23.2 Å². The van der Waals surface area contributed by atoms with Crippen LogP contribution in [0.1, 0.15) is 24.0 Å². The highest BCUT2D eigenvalue weighted by Gasteiger charge is 2.20. The van der Waals surface area contributed by atoms with Crippen LogP contribution in [0.15, 0.2) is 54.0 Å². The highest BCUT2D eigenvalue weighted by Crippen LogP contribution is 2.26. The number of nitrogens with zero attached hydrogens (tertiary/aromatic N) is 2. The molecule has 0 amide bonds. The summed E-state index contributed by atoms with van der Waals surface area (Å²) in [5.74, 6) is 0.748. The number of nitrogens with one attached hydrogen (secondary N) is 1. The van der Waals surface area contributed by atoms with Gasteiger partial charge in [-0.05, 0) is 84.0 Å². The van der Waals surface area contributed by atoms with Gasteiger partial charge in [-0.25, -0.2) is 0 Å². The van der Waals surface area contributed by atoms with E-state index in [1.165, 1.54) is 59.0 Å². The van der Waals surface area contributed by atoms with Crippen LogP contribution < -0.4 is 0 Å². The van der Waals surface area contributed by atoms with Crippen LogP contribution in [0.3, 0.4) is 0 Å². The van der Waals surface area contributed by atoms with Gasteiger partial charge in [0.05, 0.1) is 11.7 Å². The Hall–Kier alpha value is -2.17. The monoisotopic (exact) mass is 361 g/mol. The molecule has 4 aromatic rings. The third-order valence-electron chi connectivity index (χ3n) is 5.56. The third kappa shape index (κ3) is 3.27. The lowest BCUT2D eigenvalue weighted by Crippen LogP contribution is -2.35. The number of rotatable bonds is 4. The molecule has 132 valence electrons. The molecule has 0 radical (unpaired) electrons. The van der Waals surface area contributed by atoms with Gasteiger partial charge in [0.15, 0.2) is 0 Å². The second-order valence-corrected chi connectivity index (χ2v) is 8.48. The number of piperidine rings is 1. The van der Waals surface area contributed by atoms with E-state index in [4.69, 9.17) is 0 Å². The second kappa shape index (κ2) is 6.86. The molecule has 26 heavy (non-hydrogen) atoms. The number of benzene rings is 2.